The van der Waals surface area contributed by atoms with Crippen molar-refractivity contribution in [2.45, 2.75) is 26.2 Å². The zero-order valence-corrected chi connectivity index (χ0v) is 6.59. The summed E-state index contributed by atoms with van der Waals surface area (Å²) in [4.78, 5) is 22.0. The minimum atomic E-state index is -0.733. The number of rotatable bonds is 1. The minimum Gasteiger partial charge on any atom is -0.298 e. The van der Waals surface area contributed by atoms with Crippen LogP contribution in [0.4, 0.5) is 0 Å². The van der Waals surface area contributed by atoms with Crippen LogP contribution in [-0.2, 0) is 9.59 Å². The van der Waals surface area contributed by atoms with Gasteiger partial charge in [0.1, 0.15) is 5.78 Å². The molecule has 0 aromatic rings. The summed E-state index contributed by atoms with van der Waals surface area (Å²) in [5, 5.41) is 0. The first-order valence-corrected chi connectivity index (χ1v) is 4.12. The number of hydrogen-bond acceptors (Lipinski definition) is 2. The van der Waals surface area contributed by atoms with E-state index in [1.54, 1.807) is 6.92 Å². The van der Waals surface area contributed by atoms with E-state index in [1.165, 1.54) is 0 Å². The molecule has 2 rings (SSSR count). The Morgan fingerprint density at radius 1 is 1.55 bits per heavy atom. The van der Waals surface area contributed by atoms with Gasteiger partial charge in [-0.25, -0.2) is 0 Å². The van der Waals surface area contributed by atoms with Gasteiger partial charge in [-0.15, -0.1) is 0 Å². The van der Waals surface area contributed by atoms with Crippen molar-refractivity contribution < 1.29 is 9.59 Å². The Kier molecular flexibility index (Phi) is 1.23. The van der Waals surface area contributed by atoms with Crippen LogP contribution in [-0.4, -0.2) is 12.1 Å². The predicted octanol–water partition coefficient (Wildman–Crippen LogP) is 1.10. The quantitative estimate of drug-likeness (QED) is 0.526. The molecule has 2 aliphatic carbocycles. The molecule has 2 aliphatic rings. The molecule has 0 saturated heterocycles. The molecule has 2 saturated carbocycles. The molecule has 3 atom stereocenters. The Morgan fingerprint density at radius 3 is 2.64 bits per heavy atom. The number of ketones is 1. The van der Waals surface area contributed by atoms with Gasteiger partial charge < -0.3 is 0 Å². The first-order valence-electron chi connectivity index (χ1n) is 4.12. The zero-order valence-electron chi connectivity index (χ0n) is 6.59. The molecular weight excluding hydrogens is 140 g/mol. The molecule has 2 nitrogen and oxygen atoms in total. The molecule has 0 heterocycles. The lowest BCUT2D eigenvalue weighted by Crippen LogP contribution is -2.35. The van der Waals surface area contributed by atoms with Gasteiger partial charge in [0.25, 0.3) is 0 Å². The van der Waals surface area contributed by atoms with E-state index in [0.29, 0.717) is 5.92 Å². The fourth-order valence-corrected chi connectivity index (χ4v) is 2.50. The number of Topliss-reactive ketones (excluding diaryl/α,β-unsaturated/α-hetero) is 1. The Bertz CT molecular complexity index is 222. The van der Waals surface area contributed by atoms with Gasteiger partial charge in [-0.05, 0) is 32.1 Å². The molecular formula is C9H11O2. The standard InChI is InChI=1S/C9H11O2/c1-9(5-10)7-3-2-6(4-7)8(9)11/h6-7H,2-4H2,1H3. The molecule has 0 N–H and O–H groups in total. The fourth-order valence-electron chi connectivity index (χ4n) is 2.50. The van der Waals surface area contributed by atoms with E-state index in [9.17, 15) is 9.59 Å². The summed E-state index contributed by atoms with van der Waals surface area (Å²) in [6, 6.07) is 0. The van der Waals surface area contributed by atoms with Crippen LogP contribution in [0, 0.1) is 17.3 Å². The van der Waals surface area contributed by atoms with E-state index in [4.69, 9.17) is 0 Å². The van der Waals surface area contributed by atoms with E-state index in [-0.39, 0.29) is 11.7 Å². The highest BCUT2D eigenvalue weighted by Gasteiger charge is 2.55. The Balaban J connectivity index is 2.37. The third-order valence-corrected chi connectivity index (χ3v) is 3.34. The molecule has 0 aliphatic heterocycles. The third kappa shape index (κ3) is 0.673. The first kappa shape index (κ1) is 7.01. The Hall–Kier alpha value is -0.660. The predicted molar refractivity (Wildman–Crippen MR) is 39.6 cm³/mol. The average molecular weight is 151 g/mol. The van der Waals surface area contributed by atoms with E-state index in [2.05, 4.69) is 0 Å². The summed E-state index contributed by atoms with van der Waals surface area (Å²) < 4.78 is 0. The van der Waals surface area contributed by atoms with Crippen molar-refractivity contribution >= 4 is 12.1 Å². The topological polar surface area (TPSA) is 34.1 Å². The van der Waals surface area contributed by atoms with Crippen LogP contribution >= 0.6 is 0 Å². The molecule has 3 unspecified atom stereocenters. The smallest absolute Gasteiger partial charge is 0.212 e. The summed E-state index contributed by atoms with van der Waals surface area (Å²) >= 11 is 0. The van der Waals surface area contributed by atoms with E-state index in [1.807, 2.05) is 6.29 Å². The van der Waals surface area contributed by atoms with Gasteiger partial charge >= 0.3 is 0 Å². The molecule has 2 heteroatoms. The maximum absolute atomic E-state index is 11.5. The number of fused-ring (bicyclic) bond motifs is 2. The van der Waals surface area contributed by atoms with Crippen LogP contribution in [0.3, 0.4) is 0 Å². The van der Waals surface area contributed by atoms with Gasteiger partial charge in [-0.2, -0.15) is 0 Å². The molecule has 2 fully saturated rings. The maximum atomic E-state index is 11.5. The second kappa shape index (κ2) is 1.93. The van der Waals surface area contributed by atoms with Crippen molar-refractivity contribution in [3.05, 3.63) is 0 Å². The van der Waals surface area contributed by atoms with Crippen molar-refractivity contribution in [2.75, 3.05) is 0 Å². The highest BCUT2D eigenvalue weighted by Crippen LogP contribution is 2.51. The summed E-state index contributed by atoms with van der Waals surface area (Å²) in [6.45, 7) is 1.74. The highest BCUT2D eigenvalue weighted by molar-refractivity contribution is 6.02. The number of carbonyl (C=O) groups excluding carboxylic acids is 2. The highest BCUT2D eigenvalue weighted by atomic mass is 16.1. The van der Waals surface area contributed by atoms with Crippen molar-refractivity contribution in [3.63, 3.8) is 0 Å². The van der Waals surface area contributed by atoms with Gasteiger partial charge in [0, 0.05) is 5.92 Å². The summed E-state index contributed by atoms with van der Waals surface area (Å²) in [5.41, 5.74) is -0.733. The molecule has 0 aromatic carbocycles. The van der Waals surface area contributed by atoms with Gasteiger partial charge in [-0.1, -0.05) is 0 Å². The van der Waals surface area contributed by atoms with Crippen molar-refractivity contribution in [1.29, 1.82) is 0 Å². The summed E-state index contributed by atoms with van der Waals surface area (Å²) in [7, 11) is 0. The second-order valence-corrected chi connectivity index (χ2v) is 3.88. The van der Waals surface area contributed by atoms with E-state index >= 15 is 0 Å². The lowest BCUT2D eigenvalue weighted by atomic mass is 9.75. The van der Waals surface area contributed by atoms with Crippen molar-refractivity contribution in [1.82, 2.24) is 0 Å². The largest absolute Gasteiger partial charge is 0.298 e. The molecule has 0 amide bonds. The summed E-state index contributed by atoms with van der Waals surface area (Å²) in [6.07, 6.45) is 4.90. The van der Waals surface area contributed by atoms with Crippen LogP contribution < -0.4 is 0 Å². The fraction of sp³-hybridized carbons (Fsp3) is 0.778. The van der Waals surface area contributed by atoms with Gasteiger partial charge in [-0.3, -0.25) is 9.59 Å². The second-order valence-electron chi connectivity index (χ2n) is 3.88. The van der Waals surface area contributed by atoms with Crippen molar-refractivity contribution in [2.24, 2.45) is 17.3 Å². The lowest BCUT2D eigenvalue weighted by molar-refractivity contribution is -0.127. The van der Waals surface area contributed by atoms with Crippen LogP contribution in [0.1, 0.15) is 26.2 Å². The first-order chi connectivity index (χ1) is 5.18. The van der Waals surface area contributed by atoms with Crippen LogP contribution in [0.25, 0.3) is 0 Å². The lowest BCUT2D eigenvalue weighted by Gasteiger charge is -2.24. The average Bonchev–Trinajstić information content (AvgIpc) is 2.56. The zero-order chi connectivity index (χ0) is 8.06. The van der Waals surface area contributed by atoms with Gasteiger partial charge in [0.15, 0.2) is 0 Å². The third-order valence-electron chi connectivity index (χ3n) is 3.34. The Morgan fingerprint density at radius 2 is 2.27 bits per heavy atom. The Labute approximate surface area is 66.0 Å². The van der Waals surface area contributed by atoms with E-state index in [0.717, 1.165) is 19.3 Å². The maximum Gasteiger partial charge on any atom is 0.212 e. The molecule has 59 valence electrons. The van der Waals surface area contributed by atoms with Gasteiger partial charge in [0.05, 0.1) is 5.41 Å². The van der Waals surface area contributed by atoms with Crippen LogP contribution in [0.2, 0.25) is 0 Å². The molecule has 0 aromatic heterocycles. The normalized spacial score (nSPS) is 48.3. The SMILES string of the molecule is CC1([C]=O)C(=O)C2CCC1C2. The van der Waals surface area contributed by atoms with E-state index < -0.39 is 5.41 Å². The van der Waals surface area contributed by atoms with Crippen LogP contribution in [0.5, 0.6) is 0 Å². The number of carbonyl (C=O) groups is 1. The molecule has 11 heavy (non-hydrogen) atoms. The molecule has 0 spiro atoms. The van der Waals surface area contributed by atoms with Crippen LogP contribution in [0.15, 0.2) is 0 Å². The summed E-state index contributed by atoms with van der Waals surface area (Å²) in [5.74, 6) is 0.632. The van der Waals surface area contributed by atoms with Gasteiger partial charge in [0.2, 0.25) is 6.29 Å². The number of hydrogen-bond donors (Lipinski definition) is 0. The molecule has 2 bridgehead atoms. The monoisotopic (exact) mass is 151 g/mol. The molecule has 1 radical (unpaired) electrons. The van der Waals surface area contributed by atoms with Crippen molar-refractivity contribution in [3.8, 4) is 0 Å². The minimum absolute atomic E-state index is 0.142.